The Labute approximate surface area is 146 Å². The van der Waals surface area contributed by atoms with Crippen LogP contribution in [-0.4, -0.2) is 45.2 Å². The summed E-state index contributed by atoms with van der Waals surface area (Å²) in [5.74, 6) is 0.946. The lowest BCUT2D eigenvalue weighted by Gasteiger charge is -2.25. The van der Waals surface area contributed by atoms with E-state index in [0.29, 0.717) is 16.9 Å². The quantitative estimate of drug-likeness (QED) is 0.654. The van der Waals surface area contributed by atoms with Crippen LogP contribution in [0.25, 0.3) is 0 Å². The minimum Gasteiger partial charge on any atom is -0.357 e. The first kappa shape index (κ1) is 18.8. The molecule has 1 atom stereocenters. The van der Waals surface area contributed by atoms with Crippen molar-refractivity contribution in [2.24, 2.45) is 10.4 Å². The Kier molecular flexibility index (Phi) is 5.91. The second-order valence-electron chi connectivity index (χ2n) is 6.92. The molecule has 1 fully saturated rings. The van der Waals surface area contributed by atoms with Gasteiger partial charge in [-0.15, -0.1) is 0 Å². The average Bonchev–Trinajstić information content (AvgIpc) is 2.94. The third-order valence-electron chi connectivity index (χ3n) is 4.81. The average molecular weight is 352 g/mol. The molecule has 1 heterocycles. The summed E-state index contributed by atoms with van der Waals surface area (Å²) < 4.78 is 23.0. The van der Waals surface area contributed by atoms with Gasteiger partial charge in [-0.1, -0.05) is 26.0 Å². The number of sulfone groups is 1. The minimum absolute atomic E-state index is 0.348. The van der Waals surface area contributed by atoms with Gasteiger partial charge in [0.25, 0.3) is 0 Å². The molecule has 0 saturated carbocycles. The van der Waals surface area contributed by atoms with Gasteiger partial charge in [-0.25, -0.2) is 13.4 Å². The zero-order valence-corrected chi connectivity index (χ0v) is 16.0. The van der Waals surface area contributed by atoms with E-state index in [1.807, 2.05) is 12.1 Å². The zero-order valence-electron chi connectivity index (χ0n) is 15.2. The van der Waals surface area contributed by atoms with Crippen molar-refractivity contribution in [2.75, 3.05) is 25.9 Å². The van der Waals surface area contributed by atoms with E-state index in [4.69, 9.17) is 4.99 Å². The molecule has 0 aromatic heterocycles. The molecule has 0 radical (unpaired) electrons. The van der Waals surface area contributed by atoms with Gasteiger partial charge in [0.05, 0.1) is 11.4 Å². The van der Waals surface area contributed by atoms with Crippen molar-refractivity contribution in [1.82, 2.24) is 10.2 Å². The van der Waals surface area contributed by atoms with Gasteiger partial charge in [0, 0.05) is 25.9 Å². The van der Waals surface area contributed by atoms with Crippen LogP contribution in [0, 0.1) is 5.41 Å². The lowest BCUT2D eigenvalue weighted by atomic mass is 9.87. The predicted molar refractivity (Wildman–Crippen MR) is 99.0 cm³/mol. The summed E-state index contributed by atoms with van der Waals surface area (Å²) in [5, 5.41) is 3.37. The topological polar surface area (TPSA) is 61.8 Å². The summed E-state index contributed by atoms with van der Waals surface area (Å²) in [7, 11) is -3.14. The maximum absolute atomic E-state index is 11.5. The highest BCUT2D eigenvalue weighted by molar-refractivity contribution is 7.90. The number of nitrogens with one attached hydrogen (secondary N) is 1. The largest absolute Gasteiger partial charge is 0.357 e. The number of hydrogen-bond donors (Lipinski definition) is 1. The van der Waals surface area contributed by atoms with Crippen LogP contribution in [0.1, 0.15) is 39.2 Å². The Morgan fingerprint density at radius 2 is 1.96 bits per heavy atom. The number of guanidine groups is 1. The second-order valence-corrected chi connectivity index (χ2v) is 8.94. The zero-order chi connectivity index (χ0) is 17.8. The predicted octanol–water partition coefficient (Wildman–Crippen LogP) is 2.68. The highest BCUT2D eigenvalue weighted by atomic mass is 32.2. The fourth-order valence-electron chi connectivity index (χ4n) is 2.93. The first-order valence-corrected chi connectivity index (χ1v) is 10.5. The highest BCUT2D eigenvalue weighted by Gasteiger charge is 2.33. The fourth-order valence-corrected chi connectivity index (χ4v) is 3.56. The van der Waals surface area contributed by atoms with Gasteiger partial charge >= 0.3 is 0 Å². The van der Waals surface area contributed by atoms with E-state index in [1.54, 1.807) is 12.1 Å². The lowest BCUT2D eigenvalue weighted by molar-refractivity contribution is 0.322. The van der Waals surface area contributed by atoms with Crippen LogP contribution < -0.4 is 5.32 Å². The van der Waals surface area contributed by atoms with Crippen LogP contribution in [0.2, 0.25) is 0 Å². The van der Waals surface area contributed by atoms with Crippen molar-refractivity contribution < 1.29 is 8.42 Å². The molecular weight excluding hydrogens is 322 g/mol. The van der Waals surface area contributed by atoms with E-state index < -0.39 is 9.84 Å². The summed E-state index contributed by atoms with van der Waals surface area (Å²) in [5.41, 5.74) is 1.38. The summed E-state index contributed by atoms with van der Waals surface area (Å²) >= 11 is 0. The molecule has 1 N–H and O–H groups in total. The molecule has 1 aromatic rings. The summed E-state index contributed by atoms with van der Waals surface area (Å²) in [6.07, 6.45) is 3.59. The van der Waals surface area contributed by atoms with Crippen molar-refractivity contribution in [3.63, 3.8) is 0 Å². The maximum Gasteiger partial charge on any atom is 0.194 e. The molecule has 2 rings (SSSR count). The molecule has 134 valence electrons. The second kappa shape index (κ2) is 7.55. The van der Waals surface area contributed by atoms with Gasteiger partial charge < -0.3 is 10.2 Å². The van der Waals surface area contributed by atoms with Gasteiger partial charge in [-0.3, -0.25) is 0 Å². The molecule has 1 saturated heterocycles. The maximum atomic E-state index is 11.5. The van der Waals surface area contributed by atoms with E-state index >= 15 is 0 Å². The lowest BCUT2D eigenvalue weighted by Crippen LogP contribution is -2.41. The monoisotopic (exact) mass is 351 g/mol. The van der Waals surface area contributed by atoms with E-state index in [1.165, 1.54) is 19.1 Å². The molecule has 1 aromatic carbocycles. The van der Waals surface area contributed by atoms with Crippen molar-refractivity contribution in [3.05, 3.63) is 29.8 Å². The normalized spacial score (nSPS) is 22.0. The molecule has 0 aliphatic carbocycles. The standard InChI is InChI=1S/C18H29N3O2S/c1-5-18(3)11-12-21(14-18)17(19-6-2)20-13-15-7-9-16(10-8-15)24(4,22)23/h7-10H,5-6,11-14H2,1-4H3,(H,19,20). The van der Waals surface area contributed by atoms with Gasteiger partial charge in [-0.2, -0.15) is 0 Å². The van der Waals surface area contributed by atoms with Crippen LogP contribution in [0.15, 0.2) is 34.2 Å². The van der Waals surface area contributed by atoms with Gasteiger partial charge in [0.1, 0.15) is 0 Å². The van der Waals surface area contributed by atoms with Crippen molar-refractivity contribution in [2.45, 2.75) is 45.1 Å². The van der Waals surface area contributed by atoms with Crippen molar-refractivity contribution in [1.29, 1.82) is 0 Å². The highest BCUT2D eigenvalue weighted by Crippen LogP contribution is 2.32. The van der Waals surface area contributed by atoms with Crippen LogP contribution >= 0.6 is 0 Å². The third-order valence-corrected chi connectivity index (χ3v) is 5.94. The smallest absolute Gasteiger partial charge is 0.194 e. The molecular formula is C18H29N3O2S. The Hall–Kier alpha value is -1.56. The van der Waals surface area contributed by atoms with Crippen molar-refractivity contribution >= 4 is 15.8 Å². The summed E-state index contributed by atoms with van der Waals surface area (Å²) in [4.78, 5) is 7.42. The number of benzene rings is 1. The Morgan fingerprint density at radius 3 is 2.46 bits per heavy atom. The molecule has 24 heavy (non-hydrogen) atoms. The van der Waals surface area contributed by atoms with Crippen LogP contribution in [-0.2, 0) is 16.4 Å². The molecule has 1 aliphatic heterocycles. The minimum atomic E-state index is -3.14. The van der Waals surface area contributed by atoms with E-state index in [9.17, 15) is 8.42 Å². The SMILES string of the molecule is CCNC(=NCc1ccc(S(C)(=O)=O)cc1)N1CCC(C)(CC)C1. The molecule has 6 heteroatoms. The van der Waals surface area contributed by atoms with Gasteiger partial charge in [0.15, 0.2) is 15.8 Å². The fraction of sp³-hybridized carbons (Fsp3) is 0.611. The Morgan fingerprint density at radius 1 is 1.29 bits per heavy atom. The Bertz CT molecular complexity index is 683. The number of aliphatic imine (C=N–C) groups is 1. The van der Waals surface area contributed by atoms with Crippen molar-refractivity contribution in [3.8, 4) is 0 Å². The number of rotatable bonds is 5. The van der Waals surface area contributed by atoms with Gasteiger partial charge in [-0.05, 0) is 42.9 Å². The van der Waals surface area contributed by atoms with E-state index in [0.717, 1.165) is 31.2 Å². The molecule has 1 aliphatic rings. The molecule has 5 nitrogen and oxygen atoms in total. The summed E-state index contributed by atoms with van der Waals surface area (Å²) in [6, 6.07) is 6.97. The molecule has 0 bridgehead atoms. The third kappa shape index (κ3) is 4.72. The first-order chi connectivity index (χ1) is 11.3. The molecule has 0 spiro atoms. The number of nitrogens with zero attached hydrogens (tertiary/aromatic N) is 2. The van der Waals surface area contributed by atoms with E-state index in [-0.39, 0.29) is 0 Å². The van der Waals surface area contributed by atoms with Crippen LogP contribution in [0.4, 0.5) is 0 Å². The van der Waals surface area contributed by atoms with Crippen LogP contribution in [0.5, 0.6) is 0 Å². The number of hydrogen-bond acceptors (Lipinski definition) is 3. The van der Waals surface area contributed by atoms with Gasteiger partial charge in [0.2, 0.25) is 0 Å². The molecule has 0 amide bonds. The summed E-state index contributed by atoms with van der Waals surface area (Å²) in [6.45, 7) is 10.1. The van der Waals surface area contributed by atoms with E-state index in [2.05, 4.69) is 31.0 Å². The number of likely N-dealkylation sites (tertiary alicyclic amines) is 1. The van der Waals surface area contributed by atoms with Crippen LogP contribution in [0.3, 0.4) is 0 Å². The first-order valence-electron chi connectivity index (χ1n) is 8.59. The molecule has 1 unspecified atom stereocenters. The Balaban J connectivity index is 2.09.